The normalized spacial score (nSPS) is 10.3. The minimum Gasteiger partial charge on any atom is -0.288 e. The summed E-state index contributed by atoms with van der Waals surface area (Å²) in [5.74, 6) is 0.484. The van der Waals surface area contributed by atoms with Crippen LogP contribution in [0.1, 0.15) is 6.92 Å². The van der Waals surface area contributed by atoms with E-state index in [-0.39, 0.29) is 11.7 Å². The van der Waals surface area contributed by atoms with E-state index >= 15 is 0 Å². The van der Waals surface area contributed by atoms with Gasteiger partial charge in [-0.2, -0.15) is 0 Å². The maximum atomic E-state index is 11.6. The number of thioether (sulfide) groups is 1. The van der Waals surface area contributed by atoms with Crippen molar-refractivity contribution in [2.75, 3.05) is 11.1 Å². The molecule has 0 radical (unpaired) electrons. The summed E-state index contributed by atoms with van der Waals surface area (Å²) >= 11 is 1.37. The number of pyridine rings is 1. The molecule has 2 heterocycles. The highest BCUT2D eigenvalue weighted by molar-refractivity contribution is 7.99. The molecular formula is C11H13N4O2S+. The predicted molar refractivity (Wildman–Crippen MR) is 66.0 cm³/mol. The van der Waals surface area contributed by atoms with E-state index in [0.717, 1.165) is 5.03 Å². The molecule has 2 aromatic rings. The van der Waals surface area contributed by atoms with Crippen molar-refractivity contribution in [3.8, 4) is 0 Å². The maximum absolute atomic E-state index is 11.6. The number of hydrogen-bond acceptors (Lipinski definition) is 5. The third-order valence-electron chi connectivity index (χ3n) is 2.09. The second-order valence-electron chi connectivity index (χ2n) is 3.43. The highest BCUT2D eigenvalue weighted by Gasteiger charge is 2.12. The number of nitrogens with one attached hydrogen (secondary N) is 1. The van der Waals surface area contributed by atoms with Crippen LogP contribution in [-0.4, -0.2) is 21.9 Å². The summed E-state index contributed by atoms with van der Waals surface area (Å²) in [6, 6.07) is 5.58. The summed E-state index contributed by atoms with van der Waals surface area (Å²) < 4.78 is 6.53. The smallest absolute Gasteiger partial charge is 0.288 e. The second-order valence-corrected chi connectivity index (χ2v) is 4.42. The monoisotopic (exact) mass is 265 g/mol. The number of nitrogens with zero attached hydrogens (tertiary/aromatic N) is 3. The lowest BCUT2D eigenvalue weighted by molar-refractivity contribution is -0.759. The fraction of sp³-hybridized carbons (Fsp3) is 0.273. The number of aryl methyl sites for hydroxylation is 1. The van der Waals surface area contributed by atoms with Gasteiger partial charge in [-0.1, -0.05) is 22.5 Å². The lowest BCUT2D eigenvalue weighted by Gasteiger charge is -1.99. The number of amides is 1. The van der Waals surface area contributed by atoms with Crippen LogP contribution in [0.2, 0.25) is 0 Å². The van der Waals surface area contributed by atoms with Crippen LogP contribution in [0.15, 0.2) is 40.1 Å². The van der Waals surface area contributed by atoms with Crippen molar-refractivity contribution in [2.45, 2.75) is 18.5 Å². The lowest BCUT2D eigenvalue weighted by Crippen LogP contribution is -2.32. The molecule has 0 saturated carbocycles. The standard InChI is InChI=1S/C11H12N4O2S/c1-2-15-7-10(17-14-15)13-9(16)8-18-11-5-3-4-6-12-11/h3-7H,2,8H2,1H3/p+1. The van der Waals surface area contributed by atoms with Gasteiger partial charge in [0.15, 0.2) is 6.54 Å². The summed E-state index contributed by atoms with van der Waals surface area (Å²) in [5.41, 5.74) is 0. The molecular weight excluding hydrogens is 252 g/mol. The summed E-state index contributed by atoms with van der Waals surface area (Å²) in [7, 11) is 0. The van der Waals surface area contributed by atoms with Gasteiger partial charge in [0.2, 0.25) is 11.2 Å². The van der Waals surface area contributed by atoms with Crippen LogP contribution in [0.25, 0.3) is 0 Å². The summed E-state index contributed by atoms with van der Waals surface area (Å²) in [6.07, 6.45) is 3.34. The molecule has 0 spiro atoms. The van der Waals surface area contributed by atoms with Crippen molar-refractivity contribution in [3.05, 3.63) is 30.6 Å². The van der Waals surface area contributed by atoms with E-state index in [1.54, 1.807) is 17.1 Å². The Kier molecular flexibility index (Phi) is 4.30. The van der Waals surface area contributed by atoms with E-state index in [4.69, 9.17) is 4.52 Å². The number of hydrogen-bond donors (Lipinski definition) is 1. The quantitative estimate of drug-likeness (QED) is 0.647. The zero-order valence-electron chi connectivity index (χ0n) is 9.87. The van der Waals surface area contributed by atoms with Gasteiger partial charge in [-0.25, -0.2) is 4.98 Å². The number of carbonyl (C=O) groups is 1. The number of rotatable bonds is 5. The van der Waals surface area contributed by atoms with Crippen LogP contribution in [-0.2, 0) is 11.3 Å². The molecule has 7 heteroatoms. The van der Waals surface area contributed by atoms with Gasteiger partial charge in [0.05, 0.1) is 10.8 Å². The van der Waals surface area contributed by atoms with Gasteiger partial charge in [-0.3, -0.25) is 14.6 Å². The van der Waals surface area contributed by atoms with Crippen LogP contribution < -0.4 is 10.00 Å². The average Bonchev–Trinajstić information content (AvgIpc) is 2.85. The van der Waals surface area contributed by atoms with Crippen LogP contribution in [0, 0.1) is 0 Å². The van der Waals surface area contributed by atoms with Crippen molar-refractivity contribution in [3.63, 3.8) is 0 Å². The zero-order valence-corrected chi connectivity index (χ0v) is 10.7. The third kappa shape index (κ3) is 3.56. The van der Waals surface area contributed by atoms with Crippen LogP contribution in [0.4, 0.5) is 5.88 Å². The Bertz CT molecular complexity index is 515. The molecule has 0 bridgehead atoms. The molecule has 0 aliphatic heterocycles. The second kappa shape index (κ2) is 6.15. The zero-order chi connectivity index (χ0) is 12.8. The predicted octanol–water partition coefficient (Wildman–Crippen LogP) is 1.11. The third-order valence-corrected chi connectivity index (χ3v) is 3.03. The van der Waals surface area contributed by atoms with Gasteiger partial charge < -0.3 is 0 Å². The fourth-order valence-corrected chi connectivity index (χ4v) is 1.89. The molecule has 0 fully saturated rings. The molecule has 2 aromatic heterocycles. The molecule has 0 aliphatic rings. The Hall–Kier alpha value is -1.89. The Labute approximate surface area is 108 Å². The van der Waals surface area contributed by atoms with E-state index < -0.39 is 0 Å². The van der Waals surface area contributed by atoms with Gasteiger partial charge >= 0.3 is 5.88 Å². The van der Waals surface area contributed by atoms with Crippen LogP contribution >= 0.6 is 11.8 Å². The van der Waals surface area contributed by atoms with Crippen molar-refractivity contribution in [1.29, 1.82) is 0 Å². The number of aromatic nitrogens is 3. The number of carbonyl (C=O) groups excluding carboxylic acids is 1. The Balaban J connectivity index is 1.82. The van der Waals surface area contributed by atoms with E-state index in [0.29, 0.717) is 12.4 Å². The lowest BCUT2D eigenvalue weighted by atomic mass is 10.5. The Morgan fingerprint density at radius 3 is 3.11 bits per heavy atom. The SMILES string of the molecule is CC[n+]1cc(NC(=O)CSc2ccccn2)on1. The number of anilines is 1. The van der Waals surface area contributed by atoms with Crippen molar-refractivity contribution in [1.82, 2.24) is 10.3 Å². The molecule has 0 saturated heterocycles. The molecule has 94 valence electrons. The largest absolute Gasteiger partial charge is 0.302 e. The topological polar surface area (TPSA) is 71.9 Å². The van der Waals surface area contributed by atoms with Crippen molar-refractivity contribution < 1.29 is 14.0 Å². The molecule has 2 rings (SSSR count). The van der Waals surface area contributed by atoms with Gasteiger partial charge in [0.25, 0.3) is 6.20 Å². The average molecular weight is 265 g/mol. The highest BCUT2D eigenvalue weighted by Crippen LogP contribution is 2.14. The Morgan fingerprint density at radius 2 is 2.44 bits per heavy atom. The molecule has 0 unspecified atom stereocenters. The molecule has 6 nitrogen and oxygen atoms in total. The van der Waals surface area contributed by atoms with E-state index in [9.17, 15) is 4.79 Å². The van der Waals surface area contributed by atoms with Crippen LogP contribution in [0.3, 0.4) is 0 Å². The van der Waals surface area contributed by atoms with E-state index in [2.05, 4.69) is 15.6 Å². The molecule has 1 N–H and O–H groups in total. The minimum absolute atomic E-state index is 0.148. The first-order chi connectivity index (χ1) is 8.78. The summed E-state index contributed by atoms with van der Waals surface area (Å²) in [5, 5.41) is 7.16. The first kappa shape index (κ1) is 12.6. The van der Waals surface area contributed by atoms with Gasteiger partial charge in [-0.05, 0) is 19.1 Å². The van der Waals surface area contributed by atoms with E-state index in [1.165, 1.54) is 11.8 Å². The fourth-order valence-electron chi connectivity index (χ4n) is 1.23. The Morgan fingerprint density at radius 1 is 1.56 bits per heavy atom. The van der Waals surface area contributed by atoms with E-state index in [1.807, 2.05) is 25.1 Å². The molecule has 0 aliphatic carbocycles. The van der Waals surface area contributed by atoms with Crippen molar-refractivity contribution >= 4 is 23.6 Å². The maximum Gasteiger partial charge on any atom is 0.302 e. The van der Waals surface area contributed by atoms with Crippen LogP contribution in [0.5, 0.6) is 0 Å². The van der Waals surface area contributed by atoms with Gasteiger partial charge in [-0.15, -0.1) is 0 Å². The molecule has 1 amide bonds. The van der Waals surface area contributed by atoms with Crippen molar-refractivity contribution in [2.24, 2.45) is 0 Å². The summed E-state index contributed by atoms with van der Waals surface area (Å²) in [6.45, 7) is 2.63. The first-order valence-electron chi connectivity index (χ1n) is 5.48. The molecule has 0 aromatic carbocycles. The molecule has 0 atom stereocenters. The highest BCUT2D eigenvalue weighted by atomic mass is 32.2. The minimum atomic E-state index is -0.148. The van der Waals surface area contributed by atoms with Gasteiger partial charge in [0, 0.05) is 6.20 Å². The van der Waals surface area contributed by atoms with Gasteiger partial charge in [0.1, 0.15) is 0 Å². The first-order valence-corrected chi connectivity index (χ1v) is 6.46. The summed E-state index contributed by atoms with van der Waals surface area (Å²) in [4.78, 5) is 15.7. The molecule has 18 heavy (non-hydrogen) atoms.